The van der Waals surface area contributed by atoms with Crippen LogP contribution in [0.2, 0.25) is 0 Å². The summed E-state index contributed by atoms with van der Waals surface area (Å²) in [7, 11) is 5.18. The standard InChI is InChI=1S/C37H67NO13.C21H30O5/c1-14-25-37(10,45)30(41)20(4)27(39)18(2)16-35(8,44)32(51-34-28(40)24(38(11)12)15-19(3)47-34)21(5)29(22(6)33(43)49-25)50-26-17-36(9,46-13)31(42)23(7)48-26;1-19-7-5-13(23)9-12(19)3-4-14-15-6-8-21(26,17(25)11-22)20(15,2)10-16(24)18(14)19/h18-26,28-32,34,40-42,44-45H,14-17H2,1-13H3;9,14-16,18,22,24,26H,3-8,10-11H2,1-2H3/t18-,19-,20+,21+,22-,23+,24+,25-,26+,28-,29+,30-,31+,32-,34+,35-,36-,37-;14-,15-,16-,18+,19-,20-,21-/m10/s1. The third-order valence-corrected chi connectivity index (χ3v) is 20.5. The lowest BCUT2D eigenvalue weighted by atomic mass is 9.45. The number of fused-ring (bicyclic) bond motifs is 5. The number of ketones is 3. The Morgan fingerprint density at radius 2 is 1.48 bits per heavy atom. The zero-order valence-electron chi connectivity index (χ0n) is 48.6. The van der Waals surface area contributed by atoms with Gasteiger partial charge in [-0.05, 0) is 143 Å². The first-order valence-electron chi connectivity index (χ1n) is 28.5. The van der Waals surface area contributed by atoms with E-state index < -0.39 is 137 Å². The van der Waals surface area contributed by atoms with Gasteiger partial charge in [0, 0.05) is 49.2 Å². The lowest BCUT2D eigenvalue weighted by Crippen LogP contribution is -2.62. The first kappa shape index (κ1) is 63.8. The zero-order valence-corrected chi connectivity index (χ0v) is 48.6. The van der Waals surface area contributed by atoms with Crippen molar-refractivity contribution in [1.82, 2.24) is 4.90 Å². The maximum absolute atomic E-state index is 14.1. The van der Waals surface area contributed by atoms with Crippen molar-refractivity contribution in [2.45, 2.75) is 250 Å². The van der Waals surface area contributed by atoms with Crippen molar-refractivity contribution in [2.75, 3.05) is 27.8 Å². The Kier molecular flexibility index (Phi) is 19.8. The summed E-state index contributed by atoms with van der Waals surface area (Å²) < 4.78 is 37.1. The van der Waals surface area contributed by atoms with E-state index in [-0.39, 0.29) is 60.4 Å². The average molecular weight is 1100 g/mol. The highest BCUT2D eigenvalue weighted by molar-refractivity contribution is 5.92. The topological polar surface area (TPSA) is 289 Å². The van der Waals surface area contributed by atoms with Crippen molar-refractivity contribution in [1.29, 1.82) is 0 Å². The number of hydrogen-bond acceptors (Lipinski definition) is 19. The number of aliphatic hydroxyl groups excluding tert-OH is 5. The number of esters is 1. The molecule has 0 radical (unpaired) electrons. The number of likely N-dealkylation sites (N-methyl/N-ethyl adjacent to an activating group) is 1. The van der Waals surface area contributed by atoms with E-state index in [0.29, 0.717) is 25.7 Å². The van der Waals surface area contributed by atoms with Gasteiger partial charge in [0.1, 0.15) is 41.9 Å². The van der Waals surface area contributed by atoms with E-state index in [1.807, 2.05) is 32.8 Å². The fourth-order valence-corrected chi connectivity index (χ4v) is 15.7. The van der Waals surface area contributed by atoms with Gasteiger partial charge in [-0.2, -0.15) is 0 Å². The van der Waals surface area contributed by atoms with Gasteiger partial charge in [-0.3, -0.25) is 19.2 Å². The molecular formula is C58H97NO18. The number of hydrogen-bond donors (Lipinski definition) is 8. The van der Waals surface area contributed by atoms with Crippen LogP contribution in [0.3, 0.4) is 0 Å². The van der Waals surface area contributed by atoms with Crippen LogP contribution in [-0.2, 0) is 47.6 Å². The Hall–Kier alpha value is -2.34. The highest BCUT2D eigenvalue weighted by atomic mass is 16.7. The molecule has 8 N–H and O–H groups in total. The van der Waals surface area contributed by atoms with Crippen LogP contribution in [0.25, 0.3) is 0 Å². The molecular weight excluding hydrogens is 999 g/mol. The van der Waals surface area contributed by atoms with Crippen LogP contribution in [0.4, 0.5) is 0 Å². The second kappa shape index (κ2) is 23.9. The van der Waals surface area contributed by atoms with Crippen LogP contribution in [0.15, 0.2) is 11.6 Å². The third-order valence-electron chi connectivity index (χ3n) is 20.5. The summed E-state index contributed by atoms with van der Waals surface area (Å²) in [5.41, 5.74) is -6.07. The van der Waals surface area contributed by atoms with Crippen LogP contribution >= 0.6 is 0 Å². The molecule has 77 heavy (non-hydrogen) atoms. The molecule has 19 heteroatoms. The van der Waals surface area contributed by atoms with Gasteiger partial charge in [0.05, 0.1) is 53.7 Å². The van der Waals surface area contributed by atoms with Crippen molar-refractivity contribution in [3.8, 4) is 0 Å². The summed E-state index contributed by atoms with van der Waals surface area (Å²) in [5.74, 6) is -4.84. The number of cyclic esters (lactones) is 1. The number of aliphatic hydroxyl groups is 8. The number of carbonyl (C=O) groups is 4. The number of methoxy groups -OCH3 is 1. The molecule has 7 aliphatic rings. The van der Waals surface area contributed by atoms with Crippen LogP contribution in [0.5, 0.6) is 0 Å². The highest BCUT2D eigenvalue weighted by Crippen LogP contribution is 2.67. The van der Waals surface area contributed by atoms with E-state index in [1.165, 1.54) is 33.5 Å². The summed E-state index contributed by atoms with van der Waals surface area (Å²) in [4.78, 5) is 54.0. The number of rotatable bonds is 9. The van der Waals surface area contributed by atoms with Gasteiger partial charge in [-0.15, -0.1) is 0 Å². The predicted octanol–water partition coefficient (Wildman–Crippen LogP) is 3.57. The number of allylic oxidation sites excluding steroid dienone is 1. The Balaban J connectivity index is 0.000000305. The number of nitrogens with zero attached hydrogens (tertiary/aromatic N) is 1. The second-order valence-electron chi connectivity index (χ2n) is 26.0. The number of Topliss-reactive ketones (excluding diaryl/α,β-unsaturated/α-hetero) is 2. The Bertz CT molecular complexity index is 2140. The predicted molar refractivity (Wildman–Crippen MR) is 281 cm³/mol. The largest absolute Gasteiger partial charge is 0.459 e. The molecule has 4 aliphatic carbocycles. The van der Waals surface area contributed by atoms with Gasteiger partial charge in [0.2, 0.25) is 0 Å². The first-order chi connectivity index (χ1) is 35.6. The molecule has 0 amide bonds. The van der Waals surface area contributed by atoms with Gasteiger partial charge in [0.25, 0.3) is 0 Å². The Labute approximate surface area is 456 Å². The van der Waals surface area contributed by atoms with Gasteiger partial charge in [0.15, 0.2) is 24.1 Å². The maximum Gasteiger partial charge on any atom is 0.311 e. The molecule has 3 aliphatic heterocycles. The third kappa shape index (κ3) is 12.0. The van der Waals surface area contributed by atoms with Crippen LogP contribution in [0, 0.1) is 52.3 Å². The zero-order chi connectivity index (χ0) is 57.9. The molecule has 3 saturated heterocycles. The minimum Gasteiger partial charge on any atom is -0.459 e. The molecule has 0 aromatic rings. The minimum absolute atomic E-state index is 0.0697. The smallest absolute Gasteiger partial charge is 0.311 e. The summed E-state index contributed by atoms with van der Waals surface area (Å²) in [6.07, 6.45) is -3.97. The fraction of sp³-hybridized carbons (Fsp3) is 0.897. The van der Waals surface area contributed by atoms with Crippen molar-refractivity contribution in [3.05, 3.63) is 11.6 Å². The van der Waals surface area contributed by atoms with E-state index in [9.17, 15) is 60.0 Å². The van der Waals surface area contributed by atoms with E-state index in [4.69, 9.17) is 28.4 Å². The van der Waals surface area contributed by atoms with Gasteiger partial charge < -0.3 is 74.2 Å². The average Bonchev–Trinajstić information content (AvgIpc) is 3.73. The summed E-state index contributed by atoms with van der Waals surface area (Å²) in [6.45, 7) is 19.8. The second-order valence-corrected chi connectivity index (χ2v) is 26.0. The van der Waals surface area contributed by atoms with E-state index >= 15 is 0 Å². The van der Waals surface area contributed by atoms with Crippen molar-refractivity contribution >= 4 is 23.3 Å². The molecule has 442 valence electrons. The van der Waals surface area contributed by atoms with Gasteiger partial charge in [-0.25, -0.2) is 0 Å². The normalized spacial score (nSPS) is 50.0. The quantitative estimate of drug-likeness (QED) is 0.153. The van der Waals surface area contributed by atoms with Crippen LogP contribution in [-0.4, -0.2) is 193 Å². The summed E-state index contributed by atoms with van der Waals surface area (Å²) in [5, 5.41) is 89.3. The molecule has 3 heterocycles. The monoisotopic (exact) mass is 1100 g/mol. The molecule has 3 saturated carbocycles. The Morgan fingerprint density at radius 3 is 2.08 bits per heavy atom. The highest BCUT2D eigenvalue weighted by Gasteiger charge is 2.68. The molecule has 0 spiro atoms. The molecule has 0 aromatic carbocycles. The lowest BCUT2D eigenvalue weighted by molar-refractivity contribution is -0.318. The molecule has 7 rings (SSSR count). The number of ether oxygens (including phenoxy) is 6. The first-order valence-corrected chi connectivity index (χ1v) is 28.5. The SMILES string of the molecule is CC[C@H]1OC(=O)[C@H](C)[C@@H](O[C@H]2C[C@@](C)(OC)[C@@H](O)[C@H](C)O2)[C@H](C)[C@@H](O[C@@H]2O[C@H](C)C[C@H](N(C)C)[C@H]2O)[C@](C)(O)C[C@@H](C)C(=O)[C@H](C)[C@@H](O)[C@]1(C)O.C[C@]12CCC(=O)C=C1CC[C@@H]1[C@@H]2[C@@H](O)C[C@@]2(C)[C@H]1CC[C@]2(O)C(=O)CO. The summed E-state index contributed by atoms with van der Waals surface area (Å²) >= 11 is 0. The molecule has 0 bridgehead atoms. The van der Waals surface area contributed by atoms with Crippen LogP contribution in [0.1, 0.15) is 154 Å². The molecule has 0 aromatic heterocycles. The Morgan fingerprint density at radius 1 is 0.831 bits per heavy atom. The fourth-order valence-electron chi connectivity index (χ4n) is 15.7. The van der Waals surface area contributed by atoms with Crippen molar-refractivity contribution < 1.29 is 88.5 Å². The molecule has 0 unspecified atom stereocenters. The minimum atomic E-state index is -1.99. The maximum atomic E-state index is 14.1. The lowest BCUT2D eigenvalue weighted by Gasteiger charge is -2.60. The molecule has 6 fully saturated rings. The molecule has 25 atom stereocenters. The van der Waals surface area contributed by atoms with E-state index in [1.54, 1.807) is 47.6 Å². The van der Waals surface area contributed by atoms with E-state index in [0.717, 1.165) is 25.7 Å². The van der Waals surface area contributed by atoms with Crippen LogP contribution < -0.4 is 0 Å². The van der Waals surface area contributed by atoms with Crippen molar-refractivity contribution in [3.63, 3.8) is 0 Å². The van der Waals surface area contributed by atoms with Gasteiger partial charge in [-0.1, -0.05) is 47.1 Å². The van der Waals surface area contributed by atoms with Gasteiger partial charge >= 0.3 is 5.97 Å². The van der Waals surface area contributed by atoms with Crippen molar-refractivity contribution in [2.24, 2.45) is 52.3 Å². The molecule has 19 nitrogen and oxygen atoms in total. The summed E-state index contributed by atoms with van der Waals surface area (Å²) in [6, 6.07) is -0.324. The van der Waals surface area contributed by atoms with E-state index in [2.05, 4.69) is 6.92 Å². The number of carbonyl (C=O) groups excluding carboxylic acids is 4.